The first-order chi connectivity index (χ1) is 18.3. The standard InChI is InChI=1S/C29H35F3N2O5/c1-20(2)11-9-12-21(3)13-10-14-22(4)25(17-23-18-26(33-19-23)34(36)37)39-27(35)28(38-5,29(30,31)32)24-15-7-6-8-16-24/h6-8,11,13-16,18-19,25,33H,9-10,12,17H2,1-5H3/b21-13+,22-14+/t25-,28-/m1/s1. The van der Waals surface area contributed by atoms with Crippen LogP contribution < -0.4 is 0 Å². The van der Waals surface area contributed by atoms with E-state index >= 15 is 0 Å². The van der Waals surface area contributed by atoms with E-state index in [1.165, 1.54) is 36.0 Å². The lowest BCUT2D eigenvalue weighted by Gasteiger charge is -2.34. The van der Waals surface area contributed by atoms with E-state index in [2.05, 4.69) is 11.1 Å². The summed E-state index contributed by atoms with van der Waals surface area (Å²) < 4.78 is 53.5. The number of halogens is 3. The Balaban J connectivity index is 2.39. The molecule has 0 radical (unpaired) electrons. The molecule has 0 spiro atoms. The Morgan fingerprint density at radius 1 is 1.10 bits per heavy atom. The van der Waals surface area contributed by atoms with Crippen molar-refractivity contribution in [1.29, 1.82) is 0 Å². The fourth-order valence-electron chi connectivity index (χ4n) is 4.03. The third-order valence-corrected chi connectivity index (χ3v) is 6.27. The molecule has 2 atom stereocenters. The molecule has 0 fully saturated rings. The molecule has 0 unspecified atom stereocenters. The zero-order valence-corrected chi connectivity index (χ0v) is 22.8. The summed E-state index contributed by atoms with van der Waals surface area (Å²) >= 11 is 0. The second kappa shape index (κ2) is 13.9. The molecule has 10 heteroatoms. The van der Waals surface area contributed by atoms with Crippen molar-refractivity contribution < 1.29 is 32.4 Å². The van der Waals surface area contributed by atoms with Gasteiger partial charge in [-0.15, -0.1) is 0 Å². The van der Waals surface area contributed by atoms with Crippen molar-refractivity contribution in [3.8, 4) is 0 Å². The number of esters is 1. The van der Waals surface area contributed by atoms with Crippen LogP contribution in [-0.2, 0) is 26.3 Å². The SMILES string of the molecule is CO[C@@](C(=O)O[C@H](Cc1c[nH]c([N+](=O)[O-])c1)/C(C)=C/C/C=C(\C)CCC=C(C)C)(c1ccccc1)C(F)(F)F. The molecule has 39 heavy (non-hydrogen) atoms. The van der Waals surface area contributed by atoms with Gasteiger partial charge in [-0.1, -0.05) is 59.7 Å². The van der Waals surface area contributed by atoms with Crippen molar-refractivity contribution in [2.45, 2.75) is 71.3 Å². The van der Waals surface area contributed by atoms with Crippen molar-refractivity contribution >= 4 is 11.8 Å². The van der Waals surface area contributed by atoms with Gasteiger partial charge in [0.05, 0.1) is 6.20 Å². The molecule has 1 heterocycles. The zero-order valence-electron chi connectivity index (χ0n) is 22.8. The van der Waals surface area contributed by atoms with E-state index in [0.29, 0.717) is 17.6 Å². The van der Waals surface area contributed by atoms with Crippen LogP contribution in [0.25, 0.3) is 0 Å². The lowest BCUT2D eigenvalue weighted by atomic mass is 9.92. The maximum absolute atomic E-state index is 14.4. The number of methoxy groups -OCH3 is 1. The minimum Gasteiger partial charge on any atom is -0.455 e. The summed E-state index contributed by atoms with van der Waals surface area (Å²) in [6.45, 7) is 7.70. The maximum atomic E-state index is 14.4. The van der Waals surface area contributed by atoms with E-state index in [9.17, 15) is 28.1 Å². The second-order valence-electron chi connectivity index (χ2n) is 9.55. The summed E-state index contributed by atoms with van der Waals surface area (Å²) in [6.07, 6.45) is 3.18. The number of carbonyl (C=O) groups is 1. The first kappa shape index (κ1) is 31.6. The van der Waals surface area contributed by atoms with E-state index in [1.54, 1.807) is 13.0 Å². The fourth-order valence-corrected chi connectivity index (χ4v) is 4.03. The molecule has 0 aliphatic rings. The Hall–Kier alpha value is -3.66. The van der Waals surface area contributed by atoms with Crippen molar-refractivity contribution in [3.63, 3.8) is 0 Å². The van der Waals surface area contributed by atoms with Gasteiger partial charge in [-0.05, 0) is 57.5 Å². The average molecular weight is 549 g/mol. The molecule has 1 aromatic heterocycles. The number of ether oxygens (including phenoxy) is 2. The number of alkyl halides is 3. The smallest absolute Gasteiger partial charge is 0.432 e. The molecule has 212 valence electrons. The van der Waals surface area contributed by atoms with Crippen LogP contribution in [0.4, 0.5) is 19.0 Å². The number of hydrogen-bond donors (Lipinski definition) is 1. The minimum atomic E-state index is -5.12. The molecular weight excluding hydrogens is 513 g/mol. The zero-order chi connectivity index (χ0) is 29.2. The molecule has 0 aliphatic heterocycles. The van der Waals surface area contributed by atoms with Crippen molar-refractivity contribution in [3.05, 3.63) is 98.8 Å². The molecular formula is C29H35F3N2O5. The molecule has 1 N–H and O–H groups in total. The highest BCUT2D eigenvalue weighted by Crippen LogP contribution is 2.43. The van der Waals surface area contributed by atoms with Gasteiger partial charge in [-0.25, -0.2) is 9.78 Å². The van der Waals surface area contributed by atoms with Crippen LogP contribution in [0.5, 0.6) is 0 Å². The van der Waals surface area contributed by atoms with E-state index < -0.39 is 34.3 Å². The molecule has 0 bridgehead atoms. The normalized spacial score (nSPS) is 14.9. The number of aromatic amines is 1. The lowest BCUT2D eigenvalue weighted by Crippen LogP contribution is -2.52. The van der Waals surface area contributed by atoms with Crippen molar-refractivity contribution in [2.24, 2.45) is 0 Å². The molecule has 0 saturated heterocycles. The molecule has 2 aromatic rings. The van der Waals surface area contributed by atoms with Crippen molar-refractivity contribution in [2.75, 3.05) is 7.11 Å². The van der Waals surface area contributed by atoms with Crippen LogP contribution in [0, 0.1) is 10.1 Å². The third-order valence-electron chi connectivity index (χ3n) is 6.27. The summed E-state index contributed by atoms with van der Waals surface area (Å²) in [5.74, 6) is -1.91. The van der Waals surface area contributed by atoms with Gasteiger partial charge in [-0.3, -0.25) is 0 Å². The highest BCUT2D eigenvalue weighted by Gasteiger charge is 2.64. The third kappa shape index (κ3) is 8.41. The van der Waals surface area contributed by atoms with Crippen LogP contribution in [0.2, 0.25) is 0 Å². The monoisotopic (exact) mass is 548 g/mol. The van der Waals surface area contributed by atoms with Gasteiger partial charge in [-0.2, -0.15) is 13.2 Å². The number of rotatable bonds is 13. The summed E-state index contributed by atoms with van der Waals surface area (Å²) in [4.78, 5) is 26.3. The Bertz CT molecular complexity index is 1210. The highest BCUT2D eigenvalue weighted by atomic mass is 19.4. The number of benzene rings is 1. The number of carbonyl (C=O) groups excluding carboxylic acids is 1. The van der Waals surface area contributed by atoms with Gasteiger partial charge in [0.15, 0.2) is 0 Å². The quantitative estimate of drug-likeness (QED) is 0.121. The minimum absolute atomic E-state index is 0.0753. The van der Waals surface area contributed by atoms with E-state index in [4.69, 9.17) is 9.47 Å². The Kier molecular flexibility index (Phi) is 11.3. The molecule has 2 rings (SSSR count). The van der Waals surface area contributed by atoms with Crippen molar-refractivity contribution in [1.82, 2.24) is 4.98 Å². The Morgan fingerprint density at radius 2 is 1.77 bits per heavy atom. The van der Waals surface area contributed by atoms with Gasteiger partial charge >= 0.3 is 18.0 Å². The number of allylic oxidation sites excluding steroid dienone is 5. The van der Waals surface area contributed by atoms with Crippen LogP contribution in [0.3, 0.4) is 0 Å². The maximum Gasteiger partial charge on any atom is 0.432 e. The largest absolute Gasteiger partial charge is 0.455 e. The molecule has 1 aromatic carbocycles. The first-order valence-corrected chi connectivity index (χ1v) is 12.5. The van der Waals surface area contributed by atoms with Gasteiger partial charge in [0.1, 0.15) is 6.10 Å². The first-order valence-electron chi connectivity index (χ1n) is 12.5. The lowest BCUT2D eigenvalue weighted by molar-refractivity contribution is -0.389. The van der Waals surface area contributed by atoms with Gasteiger partial charge < -0.3 is 19.6 Å². The molecule has 7 nitrogen and oxygen atoms in total. The summed E-state index contributed by atoms with van der Waals surface area (Å²) in [5.41, 5.74) is -0.493. The van der Waals surface area contributed by atoms with Gasteiger partial charge in [0.25, 0.3) is 5.60 Å². The number of nitro groups is 1. The number of aromatic nitrogens is 1. The number of H-pyrrole nitrogens is 1. The molecule has 0 aliphatic carbocycles. The fraction of sp³-hybridized carbons (Fsp3) is 0.414. The van der Waals surface area contributed by atoms with Crippen LogP contribution in [0.1, 0.15) is 58.1 Å². The number of nitrogens with zero attached hydrogens (tertiary/aromatic N) is 1. The van der Waals surface area contributed by atoms with Gasteiger partial charge in [0.2, 0.25) is 0 Å². The topological polar surface area (TPSA) is 94.5 Å². The predicted octanol–water partition coefficient (Wildman–Crippen LogP) is 7.51. The second-order valence-corrected chi connectivity index (χ2v) is 9.55. The van der Waals surface area contributed by atoms with E-state index in [-0.39, 0.29) is 12.2 Å². The Morgan fingerprint density at radius 3 is 2.31 bits per heavy atom. The summed E-state index contributed by atoms with van der Waals surface area (Å²) in [7, 11) is 0.803. The van der Waals surface area contributed by atoms with Crippen LogP contribution in [-0.4, -0.2) is 35.3 Å². The number of nitrogens with one attached hydrogen (secondary N) is 1. The summed E-state index contributed by atoms with van der Waals surface area (Å²) in [5, 5.41) is 11.1. The molecule has 0 amide bonds. The number of hydrogen-bond acceptors (Lipinski definition) is 5. The van der Waals surface area contributed by atoms with Crippen LogP contribution >= 0.6 is 0 Å². The van der Waals surface area contributed by atoms with E-state index in [1.807, 2.05) is 26.8 Å². The Labute approximate surface area is 226 Å². The predicted molar refractivity (Wildman–Crippen MR) is 143 cm³/mol. The average Bonchev–Trinajstić information content (AvgIpc) is 3.33. The highest BCUT2D eigenvalue weighted by molar-refractivity contribution is 5.83. The van der Waals surface area contributed by atoms with Gasteiger partial charge in [0, 0.05) is 30.7 Å². The molecule has 0 saturated carbocycles. The van der Waals surface area contributed by atoms with E-state index in [0.717, 1.165) is 37.7 Å². The van der Waals surface area contributed by atoms with Crippen LogP contribution in [0.15, 0.2) is 77.5 Å². The summed E-state index contributed by atoms with van der Waals surface area (Å²) in [6, 6.07) is 7.82.